The summed E-state index contributed by atoms with van der Waals surface area (Å²) in [7, 11) is 0. The molecule has 0 bridgehead atoms. The molecule has 0 aliphatic carbocycles. The fourth-order valence-corrected chi connectivity index (χ4v) is 1.94. The zero-order chi connectivity index (χ0) is 13.5. The van der Waals surface area contributed by atoms with E-state index in [1.165, 1.54) is 0 Å². The molecule has 2 aromatic carbocycles. The fraction of sp³-hybridized carbons (Fsp3) is 0.294. The molecule has 0 heterocycles. The second-order valence-electron chi connectivity index (χ2n) is 4.30. The fourth-order valence-electron chi connectivity index (χ4n) is 1.94. The zero-order valence-electron chi connectivity index (χ0n) is 11.6. The predicted octanol–water partition coefficient (Wildman–Crippen LogP) is 4.54. The molecule has 0 aromatic heterocycles. The molecule has 0 aliphatic rings. The van der Waals surface area contributed by atoms with Gasteiger partial charge in [-0.05, 0) is 37.1 Å². The summed E-state index contributed by atoms with van der Waals surface area (Å²) >= 11 is 0. The van der Waals surface area contributed by atoms with E-state index in [4.69, 9.17) is 9.47 Å². The van der Waals surface area contributed by atoms with Crippen LogP contribution in [-0.2, 0) is 0 Å². The van der Waals surface area contributed by atoms with E-state index in [0.717, 1.165) is 35.7 Å². The van der Waals surface area contributed by atoms with Crippen LogP contribution >= 0.6 is 0 Å². The highest BCUT2D eigenvalue weighted by molar-refractivity contribution is 5.70. The Hall–Kier alpha value is -1.96. The third-order valence-corrected chi connectivity index (χ3v) is 2.83. The molecule has 19 heavy (non-hydrogen) atoms. The average molecular weight is 256 g/mol. The van der Waals surface area contributed by atoms with Crippen molar-refractivity contribution in [3.8, 4) is 22.6 Å². The third kappa shape index (κ3) is 3.50. The molecule has 0 saturated heterocycles. The molecule has 2 aromatic rings. The van der Waals surface area contributed by atoms with Gasteiger partial charge in [0, 0.05) is 5.56 Å². The number of para-hydroxylation sites is 1. The molecule has 0 N–H and O–H groups in total. The molecule has 0 spiro atoms. The summed E-state index contributed by atoms with van der Waals surface area (Å²) in [6.45, 7) is 5.53. The molecule has 0 fully saturated rings. The lowest BCUT2D eigenvalue weighted by molar-refractivity contribution is 0.318. The van der Waals surface area contributed by atoms with Gasteiger partial charge in [0.15, 0.2) is 0 Å². The number of rotatable bonds is 6. The molecule has 2 rings (SSSR count). The van der Waals surface area contributed by atoms with Gasteiger partial charge in [-0.15, -0.1) is 0 Å². The predicted molar refractivity (Wildman–Crippen MR) is 78.8 cm³/mol. The summed E-state index contributed by atoms with van der Waals surface area (Å²) in [5, 5.41) is 0. The highest BCUT2D eigenvalue weighted by atomic mass is 16.5. The largest absolute Gasteiger partial charge is 0.494 e. The standard InChI is InChI=1S/C17H20O2/c1-3-13-19-17-8-6-5-7-16(17)14-9-11-15(12-10-14)18-4-2/h5-12H,3-4,13H2,1-2H3. The van der Waals surface area contributed by atoms with Crippen molar-refractivity contribution in [1.82, 2.24) is 0 Å². The van der Waals surface area contributed by atoms with E-state index in [-0.39, 0.29) is 0 Å². The molecule has 100 valence electrons. The maximum atomic E-state index is 5.79. The minimum absolute atomic E-state index is 0.690. The maximum absolute atomic E-state index is 5.79. The minimum Gasteiger partial charge on any atom is -0.494 e. The lowest BCUT2D eigenvalue weighted by atomic mass is 10.0. The molecule has 0 saturated carbocycles. The smallest absolute Gasteiger partial charge is 0.127 e. The van der Waals surface area contributed by atoms with E-state index in [1.807, 2.05) is 37.3 Å². The van der Waals surface area contributed by atoms with Gasteiger partial charge in [0.1, 0.15) is 11.5 Å². The Morgan fingerprint density at radius 2 is 1.58 bits per heavy atom. The highest BCUT2D eigenvalue weighted by Crippen LogP contribution is 2.31. The Balaban J connectivity index is 2.25. The van der Waals surface area contributed by atoms with E-state index in [2.05, 4.69) is 25.1 Å². The van der Waals surface area contributed by atoms with Crippen LogP contribution in [0.4, 0.5) is 0 Å². The van der Waals surface area contributed by atoms with E-state index in [9.17, 15) is 0 Å². The summed E-state index contributed by atoms with van der Waals surface area (Å²) in [6.07, 6.45) is 1.01. The first-order chi connectivity index (χ1) is 9.35. The Labute approximate surface area is 115 Å². The van der Waals surface area contributed by atoms with Crippen LogP contribution in [0.3, 0.4) is 0 Å². The molecular formula is C17H20O2. The SMILES string of the molecule is CCCOc1ccccc1-c1ccc(OCC)cc1. The molecule has 2 nitrogen and oxygen atoms in total. The monoisotopic (exact) mass is 256 g/mol. The molecule has 0 atom stereocenters. The Morgan fingerprint density at radius 3 is 2.26 bits per heavy atom. The van der Waals surface area contributed by atoms with Crippen LogP contribution in [0.15, 0.2) is 48.5 Å². The van der Waals surface area contributed by atoms with Gasteiger partial charge in [-0.25, -0.2) is 0 Å². The quantitative estimate of drug-likeness (QED) is 0.755. The van der Waals surface area contributed by atoms with Crippen LogP contribution < -0.4 is 9.47 Å². The summed E-state index contributed by atoms with van der Waals surface area (Å²) in [6, 6.07) is 16.3. The average Bonchev–Trinajstić information content (AvgIpc) is 2.47. The summed E-state index contributed by atoms with van der Waals surface area (Å²) < 4.78 is 11.2. The van der Waals surface area contributed by atoms with Crippen LogP contribution in [0.5, 0.6) is 11.5 Å². The molecule has 0 amide bonds. The molecule has 0 radical (unpaired) electrons. The van der Waals surface area contributed by atoms with E-state index in [1.54, 1.807) is 0 Å². The summed E-state index contributed by atoms with van der Waals surface area (Å²) in [5.74, 6) is 1.84. The normalized spacial score (nSPS) is 10.2. The number of benzene rings is 2. The minimum atomic E-state index is 0.690. The van der Waals surface area contributed by atoms with Crippen LogP contribution in [0.25, 0.3) is 11.1 Å². The van der Waals surface area contributed by atoms with Crippen molar-refractivity contribution in [1.29, 1.82) is 0 Å². The first-order valence-corrected chi connectivity index (χ1v) is 6.80. The van der Waals surface area contributed by atoms with Crippen molar-refractivity contribution in [2.45, 2.75) is 20.3 Å². The van der Waals surface area contributed by atoms with E-state index >= 15 is 0 Å². The summed E-state index contributed by atoms with van der Waals surface area (Å²) in [5.41, 5.74) is 2.27. The lowest BCUT2D eigenvalue weighted by Crippen LogP contribution is -1.96. The van der Waals surface area contributed by atoms with Crippen molar-refractivity contribution in [2.24, 2.45) is 0 Å². The van der Waals surface area contributed by atoms with Crippen LogP contribution in [0.2, 0.25) is 0 Å². The van der Waals surface area contributed by atoms with Crippen molar-refractivity contribution < 1.29 is 9.47 Å². The van der Waals surface area contributed by atoms with Gasteiger partial charge in [0.05, 0.1) is 13.2 Å². The van der Waals surface area contributed by atoms with Gasteiger partial charge in [-0.2, -0.15) is 0 Å². The second kappa shape index (κ2) is 6.83. The van der Waals surface area contributed by atoms with Gasteiger partial charge in [0.2, 0.25) is 0 Å². The Morgan fingerprint density at radius 1 is 0.842 bits per heavy atom. The molecular weight excluding hydrogens is 236 g/mol. The topological polar surface area (TPSA) is 18.5 Å². The van der Waals surface area contributed by atoms with Crippen LogP contribution in [0.1, 0.15) is 20.3 Å². The first-order valence-electron chi connectivity index (χ1n) is 6.80. The number of hydrogen-bond donors (Lipinski definition) is 0. The zero-order valence-corrected chi connectivity index (χ0v) is 11.6. The lowest BCUT2D eigenvalue weighted by Gasteiger charge is -2.11. The van der Waals surface area contributed by atoms with Gasteiger partial charge in [0.25, 0.3) is 0 Å². The van der Waals surface area contributed by atoms with Gasteiger partial charge < -0.3 is 9.47 Å². The Bertz CT molecular complexity index is 503. The molecule has 0 aliphatic heterocycles. The van der Waals surface area contributed by atoms with Gasteiger partial charge in [-0.3, -0.25) is 0 Å². The maximum Gasteiger partial charge on any atom is 0.127 e. The van der Waals surface area contributed by atoms with Gasteiger partial charge >= 0.3 is 0 Å². The number of hydrogen-bond acceptors (Lipinski definition) is 2. The van der Waals surface area contributed by atoms with Crippen LogP contribution in [-0.4, -0.2) is 13.2 Å². The van der Waals surface area contributed by atoms with E-state index in [0.29, 0.717) is 6.61 Å². The van der Waals surface area contributed by atoms with Gasteiger partial charge in [-0.1, -0.05) is 37.3 Å². The molecule has 0 unspecified atom stereocenters. The van der Waals surface area contributed by atoms with E-state index < -0.39 is 0 Å². The van der Waals surface area contributed by atoms with Crippen molar-refractivity contribution in [3.05, 3.63) is 48.5 Å². The van der Waals surface area contributed by atoms with Crippen molar-refractivity contribution in [3.63, 3.8) is 0 Å². The highest BCUT2D eigenvalue weighted by Gasteiger charge is 2.05. The van der Waals surface area contributed by atoms with Crippen molar-refractivity contribution in [2.75, 3.05) is 13.2 Å². The first kappa shape index (κ1) is 13.5. The van der Waals surface area contributed by atoms with Crippen LogP contribution in [0, 0.1) is 0 Å². The number of ether oxygens (including phenoxy) is 2. The third-order valence-electron chi connectivity index (χ3n) is 2.83. The summed E-state index contributed by atoms with van der Waals surface area (Å²) in [4.78, 5) is 0. The second-order valence-corrected chi connectivity index (χ2v) is 4.30. The Kier molecular flexibility index (Phi) is 4.85. The van der Waals surface area contributed by atoms with Crippen molar-refractivity contribution >= 4 is 0 Å². The molecule has 2 heteroatoms.